The molecule has 1 rings (SSSR count). The van der Waals surface area contributed by atoms with Crippen LogP contribution in [0.15, 0.2) is 22.8 Å². The molecule has 0 aliphatic carbocycles. The number of carbonyl (C=O) groups excluding carboxylic acids is 1. The van der Waals surface area contributed by atoms with E-state index < -0.39 is 6.16 Å². The summed E-state index contributed by atoms with van der Waals surface area (Å²) in [6.45, 7) is 0. The number of nitrogens with zero attached hydrogens (tertiary/aromatic N) is 1. The van der Waals surface area contributed by atoms with Gasteiger partial charge in [0.25, 0.3) is 0 Å². The minimum atomic E-state index is -0.773. The molecule has 0 unspecified atom stereocenters. The topological polar surface area (TPSA) is 48.4 Å². The van der Waals surface area contributed by atoms with Gasteiger partial charge in [0, 0.05) is 16.7 Å². The van der Waals surface area contributed by atoms with Gasteiger partial charge in [-0.3, -0.25) is 0 Å². The summed E-state index contributed by atoms with van der Waals surface area (Å²) in [7, 11) is 1.24. The van der Waals surface area contributed by atoms with Crippen LogP contribution in [-0.4, -0.2) is 18.2 Å². The van der Waals surface area contributed by atoms with Crippen molar-refractivity contribution >= 4 is 22.1 Å². The van der Waals surface area contributed by atoms with Crippen LogP contribution in [0.5, 0.6) is 5.88 Å². The predicted octanol–water partition coefficient (Wildman–Crippen LogP) is 1.99. The molecule has 0 spiro atoms. The Kier molecular flexibility index (Phi) is 3.04. The minimum absolute atomic E-state index is 0.213. The van der Waals surface area contributed by atoms with Gasteiger partial charge < -0.3 is 9.47 Å². The number of hydrogen-bond acceptors (Lipinski definition) is 4. The molecular formula is C7H6BrNO3. The Morgan fingerprint density at radius 3 is 2.83 bits per heavy atom. The van der Waals surface area contributed by atoms with Gasteiger partial charge in [0.1, 0.15) is 0 Å². The number of aromatic nitrogens is 1. The highest BCUT2D eigenvalue weighted by Crippen LogP contribution is 2.12. The molecule has 0 saturated heterocycles. The third-order valence-electron chi connectivity index (χ3n) is 1.05. The average Bonchev–Trinajstić information content (AvgIpc) is 2.09. The van der Waals surface area contributed by atoms with Gasteiger partial charge >= 0.3 is 6.16 Å². The van der Waals surface area contributed by atoms with Crippen molar-refractivity contribution in [1.29, 1.82) is 0 Å². The molecule has 12 heavy (non-hydrogen) atoms. The lowest BCUT2D eigenvalue weighted by Gasteiger charge is -1.99. The summed E-state index contributed by atoms with van der Waals surface area (Å²) in [5, 5.41) is 0. The molecule has 0 amide bonds. The van der Waals surface area contributed by atoms with Crippen LogP contribution in [0.2, 0.25) is 0 Å². The lowest BCUT2D eigenvalue weighted by atomic mass is 10.5. The van der Waals surface area contributed by atoms with Gasteiger partial charge in [-0.25, -0.2) is 9.78 Å². The van der Waals surface area contributed by atoms with E-state index in [-0.39, 0.29) is 5.88 Å². The van der Waals surface area contributed by atoms with E-state index in [4.69, 9.17) is 0 Å². The first-order valence-electron chi connectivity index (χ1n) is 3.09. The van der Waals surface area contributed by atoms with Gasteiger partial charge in [0.15, 0.2) is 0 Å². The zero-order valence-corrected chi connectivity index (χ0v) is 7.87. The average molecular weight is 232 g/mol. The molecule has 0 fully saturated rings. The number of hydrogen-bond donors (Lipinski definition) is 0. The molecule has 0 aliphatic heterocycles. The Morgan fingerprint density at radius 1 is 1.58 bits per heavy atom. The summed E-state index contributed by atoms with van der Waals surface area (Å²) in [5.74, 6) is 0.213. The number of carbonyl (C=O) groups is 1. The van der Waals surface area contributed by atoms with Crippen molar-refractivity contribution < 1.29 is 14.3 Å². The highest BCUT2D eigenvalue weighted by molar-refractivity contribution is 9.10. The number of methoxy groups -OCH3 is 1. The van der Waals surface area contributed by atoms with Crippen molar-refractivity contribution in [2.45, 2.75) is 0 Å². The maximum Gasteiger partial charge on any atom is 0.514 e. The van der Waals surface area contributed by atoms with E-state index in [2.05, 4.69) is 30.4 Å². The molecule has 0 bridgehead atoms. The SMILES string of the molecule is COC(=O)Oc1ccc(Br)cn1. The van der Waals surface area contributed by atoms with Gasteiger partial charge in [-0.15, -0.1) is 0 Å². The van der Waals surface area contributed by atoms with Crippen LogP contribution in [0, 0.1) is 0 Å². The Morgan fingerprint density at radius 2 is 2.33 bits per heavy atom. The third-order valence-corrected chi connectivity index (χ3v) is 1.52. The van der Waals surface area contributed by atoms with Crippen molar-refractivity contribution in [3.8, 4) is 5.88 Å². The Bertz CT molecular complexity index is 272. The van der Waals surface area contributed by atoms with Gasteiger partial charge in [-0.2, -0.15) is 0 Å². The lowest BCUT2D eigenvalue weighted by Crippen LogP contribution is -2.07. The van der Waals surface area contributed by atoms with E-state index >= 15 is 0 Å². The highest BCUT2D eigenvalue weighted by atomic mass is 79.9. The van der Waals surface area contributed by atoms with E-state index in [1.807, 2.05) is 0 Å². The number of ether oxygens (including phenoxy) is 2. The summed E-state index contributed by atoms with van der Waals surface area (Å²) in [6.07, 6.45) is 0.753. The molecule has 0 radical (unpaired) electrons. The van der Waals surface area contributed by atoms with Crippen LogP contribution in [0.25, 0.3) is 0 Å². The fourth-order valence-electron chi connectivity index (χ4n) is 0.550. The summed E-state index contributed by atoms with van der Waals surface area (Å²) in [4.78, 5) is 14.4. The van der Waals surface area contributed by atoms with Crippen molar-refractivity contribution in [1.82, 2.24) is 4.98 Å². The van der Waals surface area contributed by atoms with Gasteiger partial charge in [-0.1, -0.05) is 0 Å². The number of pyridine rings is 1. The van der Waals surface area contributed by atoms with Crippen molar-refractivity contribution in [3.05, 3.63) is 22.8 Å². The first kappa shape index (κ1) is 8.99. The largest absolute Gasteiger partial charge is 0.514 e. The minimum Gasteiger partial charge on any atom is -0.437 e. The molecule has 5 heteroatoms. The molecule has 1 aromatic rings. The highest BCUT2D eigenvalue weighted by Gasteiger charge is 2.03. The molecule has 1 heterocycles. The molecule has 1 aromatic heterocycles. The van der Waals surface area contributed by atoms with Crippen LogP contribution in [0.1, 0.15) is 0 Å². The first-order valence-corrected chi connectivity index (χ1v) is 3.89. The maximum absolute atomic E-state index is 10.6. The fraction of sp³-hybridized carbons (Fsp3) is 0.143. The third kappa shape index (κ3) is 2.50. The molecular weight excluding hydrogens is 226 g/mol. The van der Waals surface area contributed by atoms with E-state index in [1.54, 1.807) is 12.1 Å². The number of halogens is 1. The first-order chi connectivity index (χ1) is 5.72. The van der Waals surface area contributed by atoms with Gasteiger partial charge in [0.05, 0.1) is 7.11 Å². The van der Waals surface area contributed by atoms with Crippen LogP contribution < -0.4 is 4.74 Å². The lowest BCUT2D eigenvalue weighted by molar-refractivity contribution is 0.119. The molecule has 0 aliphatic rings. The Balaban J connectivity index is 2.64. The molecule has 0 aromatic carbocycles. The zero-order chi connectivity index (χ0) is 8.97. The molecule has 0 N–H and O–H groups in total. The Labute approximate surface area is 77.6 Å². The van der Waals surface area contributed by atoms with Crippen LogP contribution >= 0.6 is 15.9 Å². The van der Waals surface area contributed by atoms with Crippen molar-refractivity contribution in [2.24, 2.45) is 0 Å². The molecule has 0 saturated carbocycles. The monoisotopic (exact) mass is 231 g/mol. The molecule has 64 valence electrons. The van der Waals surface area contributed by atoms with E-state index in [0.717, 1.165) is 4.47 Å². The van der Waals surface area contributed by atoms with E-state index in [1.165, 1.54) is 13.3 Å². The maximum atomic E-state index is 10.6. The summed E-state index contributed by atoms with van der Waals surface area (Å²) in [6, 6.07) is 3.27. The Hall–Kier alpha value is -1.10. The van der Waals surface area contributed by atoms with E-state index in [0.29, 0.717) is 0 Å². The second-order valence-electron chi connectivity index (χ2n) is 1.87. The summed E-state index contributed by atoms with van der Waals surface area (Å²) >= 11 is 3.19. The molecule has 0 atom stereocenters. The van der Waals surface area contributed by atoms with E-state index in [9.17, 15) is 4.79 Å². The second kappa shape index (κ2) is 4.06. The van der Waals surface area contributed by atoms with Gasteiger partial charge in [0.2, 0.25) is 5.88 Å². The molecule has 4 nitrogen and oxygen atoms in total. The second-order valence-corrected chi connectivity index (χ2v) is 2.79. The number of rotatable bonds is 1. The van der Waals surface area contributed by atoms with Crippen molar-refractivity contribution in [2.75, 3.05) is 7.11 Å². The van der Waals surface area contributed by atoms with Crippen molar-refractivity contribution in [3.63, 3.8) is 0 Å². The quantitative estimate of drug-likeness (QED) is 0.694. The summed E-state index contributed by atoms with van der Waals surface area (Å²) in [5.41, 5.74) is 0. The smallest absolute Gasteiger partial charge is 0.437 e. The van der Waals surface area contributed by atoms with Gasteiger partial charge in [-0.05, 0) is 22.0 Å². The summed E-state index contributed by atoms with van der Waals surface area (Å²) < 4.78 is 9.72. The fourth-order valence-corrected chi connectivity index (χ4v) is 0.784. The predicted molar refractivity (Wildman–Crippen MR) is 45.0 cm³/mol. The van der Waals surface area contributed by atoms with Crippen LogP contribution in [0.4, 0.5) is 4.79 Å². The van der Waals surface area contributed by atoms with Crippen LogP contribution in [0.3, 0.4) is 0 Å². The standard InChI is InChI=1S/C7H6BrNO3/c1-11-7(10)12-6-3-2-5(8)4-9-6/h2-4H,1H3. The van der Waals surface area contributed by atoms with Crippen LogP contribution in [-0.2, 0) is 4.74 Å². The zero-order valence-electron chi connectivity index (χ0n) is 6.28. The normalized spacial score (nSPS) is 9.17.